The van der Waals surface area contributed by atoms with Crippen molar-refractivity contribution in [2.75, 3.05) is 12.4 Å². The molecule has 0 radical (unpaired) electrons. The van der Waals surface area contributed by atoms with Gasteiger partial charge in [-0.15, -0.1) is 0 Å². The third kappa shape index (κ3) is 3.86. The Kier molecular flexibility index (Phi) is 5.81. The number of aryl methyl sites for hydroxylation is 3. The summed E-state index contributed by atoms with van der Waals surface area (Å²) in [6, 6.07) is 8.68. The molecule has 0 spiro atoms. The fraction of sp³-hybridized carbons (Fsp3) is 0.286. The zero-order chi connectivity index (χ0) is 22.0. The van der Waals surface area contributed by atoms with Crippen molar-refractivity contribution >= 4 is 28.6 Å². The number of aromatic nitrogens is 3. The second-order valence-corrected chi connectivity index (χ2v) is 6.83. The summed E-state index contributed by atoms with van der Waals surface area (Å²) >= 11 is 0. The van der Waals surface area contributed by atoms with E-state index in [0.29, 0.717) is 11.4 Å². The molecule has 0 fully saturated rings. The lowest BCUT2D eigenvalue weighted by atomic mass is 10.1. The molecule has 1 aromatic carbocycles. The van der Waals surface area contributed by atoms with Crippen LogP contribution in [0.4, 0.5) is 5.69 Å². The lowest BCUT2D eigenvalue weighted by Gasteiger charge is -2.13. The number of rotatable bonds is 5. The van der Waals surface area contributed by atoms with Crippen molar-refractivity contribution in [2.45, 2.75) is 26.8 Å². The molecule has 0 unspecified atom stereocenters. The molecule has 9 heteroatoms. The summed E-state index contributed by atoms with van der Waals surface area (Å²) in [5, 5.41) is 2.59. The van der Waals surface area contributed by atoms with Crippen molar-refractivity contribution in [2.24, 2.45) is 7.05 Å². The smallest absolute Gasteiger partial charge is 0.338 e. The SMILES string of the molecule is CCc1ccc(NC(=O)Cn2c(=O)c3c(C(=O)OC)cc(C)nc3n(C)c2=O)cc1. The first-order chi connectivity index (χ1) is 14.3. The highest BCUT2D eigenvalue weighted by molar-refractivity contribution is 6.02. The van der Waals surface area contributed by atoms with E-state index in [9.17, 15) is 19.2 Å². The number of hydrogen-bond donors (Lipinski definition) is 1. The van der Waals surface area contributed by atoms with Crippen LogP contribution in [0, 0.1) is 6.92 Å². The van der Waals surface area contributed by atoms with Gasteiger partial charge >= 0.3 is 11.7 Å². The van der Waals surface area contributed by atoms with Gasteiger partial charge in [0.05, 0.1) is 18.1 Å². The molecule has 2 aromatic heterocycles. The number of nitrogens with zero attached hydrogens (tertiary/aromatic N) is 3. The molecule has 0 atom stereocenters. The van der Waals surface area contributed by atoms with Crippen molar-refractivity contribution < 1.29 is 14.3 Å². The molecule has 0 aliphatic heterocycles. The number of esters is 1. The Morgan fingerprint density at radius 3 is 2.43 bits per heavy atom. The molecule has 0 saturated heterocycles. The summed E-state index contributed by atoms with van der Waals surface area (Å²) in [5.74, 6) is -1.27. The molecule has 2 heterocycles. The predicted octanol–water partition coefficient (Wildman–Crippen LogP) is 1.39. The minimum Gasteiger partial charge on any atom is -0.465 e. The average Bonchev–Trinajstić information content (AvgIpc) is 2.74. The quantitative estimate of drug-likeness (QED) is 0.636. The minimum atomic E-state index is -0.780. The van der Waals surface area contributed by atoms with Crippen molar-refractivity contribution in [3.63, 3.8) is 0 Å². The fourth-order valence-corrected chi connectivity index (χ4v) is 3.18. The number of benzene rings is 1. The standard InChI is InChI=1S/C21H22N4O5/c1-5-13-6-8-14(9-7-13)23-16(26)11-25-19(27)17-15(20(28)30-4)10-12(2)22-18(17)24(3)21(25)29/h6-10H,5,11H2,1-4H3,(H,23,26). The zero-order valence-electron chi connectivity index (χ0n) is 17.2. The van der Waals surface area contributed by atoms with Gasteiger partial charge in [-0.05, 0) is 37.1 Å². The molecule has 1 amide bonds. The molecule has 156 valence electrons. The Labute approximate surface area is 171 Å². The summed E-state index contributed by atoms with van der Waals surface area (Å²) in [7, 11) is 2.62. The molecule has 3 rings (SSSR count). The monoisotopic (exact) mass is 410 g/mol. The zero-order valence-corrected chi connectivity index (χ0v) is 17.2. The van der Waals surface area contributed by atoms with Gasteiger partial charge in [0.25, 0.3) is 5.56 Å². The highest BCUT2D eigenvalue weighted by Gasteiger charge is 2.21. The average molecular weight is 410 g/mol. The van der Waals surface area contributed by atoms with Crippen LogP contribution >= 0.6 is 0 Å². The highest BCUT2D eigenvalue weighted by atomic mass is 16.5. The lowest BCUT2D eigenvalue weighted by molar-refractivity contribution is -0.116. The summed E-state index contributed by atoms with van der Waals surface area (Å²) in [5.41, 5.74) is 0.668. The molecule has 0 aliphatic carbocycles. The van der Waals surface area contributed by atoms with Crippen LogP contribution in [0.1, 0.15) is 28.5 Å². The van der Waals surface area contributed by atoms with Crippen LogP contribution in [0.2, 0.25) is 0 Å². The van der Waals surface area contributed by atoms with Gasteiger partial charge in [-0.2, -0.15) is 0 Å². The van der Waals surface area contributed by atoms with Gasteiger partial charge in [-0.25, -0.2) is 14.6 Å². The maximum atomic E-state index is 13.0. The van der Waals surface area contributed by atoms with E-state index in [1.165, 1.54) is 20.2 Å². The Morgan fingerprint density at radius 2 is 1.83 bits per heavy atom. The van der Waals surface area contributed by atoms with E-state index >= 15 is 0 Å². The molecular formula is C21H22N4O5. The maximum Gasteiger partial charge on any atom is 0.338 e. The third-order valence-corrected chi connectivity index (χ3v) is 4.78. The molecule has 0 aliphatic rings. The number of fused-ring (bicyclic) bond motifs is 1. The first-order valence-corrected chi connectivity index (χ1v) is 9.35. The largest absolute Gasteiger partial charge is 0.465 e. The topological polar surface area (TPSA) is 112 Å². The summed E-state index contributed by atoms with van der Waals surface area (Å²) in [6.07, 6.45) is 0.868. The van der Waals surface area contributed by atoms with E-state index in [1.807, 2.05) is 19.1 Å². The number of ether oxygens (including phenoxy) is 1. The highest BCUT2D eigenvalue weighted by Crippen LogP contribution is 2.15. The van der Waals surface area contributed by atoms with Gasteiger partial charge < -0.3 is 10.1 Å². The van der Waals surface area contributed by atoms with Gasteiger partial charge in [-0.3, -0.25) is 18.7 Å². The molecule has 0 saturated carbocycles. The van der Waals surface area contributed by atoms with E-state index in [2.05, 4.69) is 10.3 Å². The molecule has 3 aromatic rings. The van der Waals surface area contributed by atoms with Crippen LogP contribution in [-0.2, 0) is 29.5 Å². The maximum absolute atomic E-state index is 13.0. The van der Waals surface area contributed by atoms with Crippen LogP contribution in [0.15, 0.2) is 39.9 Å². The van der Waals surface area contributed by atoms with E-state index in [-0.39, 0.29) is 16.6 Å². The Hall–Kier alpha value is -3.75. The number of hydrogen-bond acceptors (Lipinski definition) is 6. The Bertz CT molecular complexity index is 1260. The molecule has 9 nitrogen and oxygen atoms in total. The first kappa shape index (κ1) is 21.0. The van der Waals surface area contributed by atoms with E-state index in [0.717, 1.165) is 21.1 Å². The summed E-state index contributed by atoms with van der Waals surface area (Å²) in [4.78, 5) is 54.7. The van der Waals surface area contributed by atoms with Crippen molar-refractivity contribution in [3.05, 3.63) is 68.0 Å². The van der Waals surface area contributed by atoms with Crippen LogP contribution < -0.4 is 16.6 Å². The number of amides is 1. The number of carbonyl (C=O) groups is 2. The minimum absolute atomic E-state index is 0.00934. The second kappa shape index (κ2) is 8.32. The van der Waals surface area contributed by atoms with Crippen molar-refractivity contribution in [1.82, 2.24) is 14.1 Å². The van der Waals surface area contributed by atoms with Crippen LogP contribution in [-0.4, -0.2) is 33.1 Å². The van der Waals surface area contributed by atoms with E-state index in [4.69, 9.17) is 4.74 Å². The van der Waals surface area contributed by atoms with Gasteiger partial charge in [0, 0.05) is 18.4 Å². The molecule has 1 N–H and O–H groups in total. The molecule has 0 bridgehead atoms. The van der Waals surface area contributed by atoms with Crippen LogP contribution in [0.3, 0.4) is 0 Å². The normalized spacial score (nSPS) is 10.8. The number of anilines is 1. The van der Waals surface area contributed by atoms with E-state index < -0.39 is 29.7 Å². The number of carbonyl (C=O) groups excluding carboxylic acids is 2. The summed E-state index contributed by atoms with van der Waals surface area (Å²) in [6.45, 7) is 3.15. The molecule has 30 heavy (non-hydrogen) atoms. The predicted molar refractivity (Wildman–Crippen MR) is 112 cm³/mol. The van der Waals surface area contributed by atoms with Crippen LogP contribution in [0.5, 0.6) is 0 Å². The lowest BCUT2D eigenvalue weighted by Crippen LogP contribution is -2.42. The number of pyridine rings is 1. The van der Waals surface area contributed by atoms with Gasteiger partial charge in [0.2, 0.25) is 5.91 Å². The fourth-order valence-electron chi connectivity index (χ4n) is 3.18. The number of methoxy groups -OCH3 is 1. The Morgan fingerprint density at radius 1 is 1.17 bits per heavy atom. The first-order valence-electron chi connectivity index (χ1n) is 9.35. The van der Waals surface area contributed by atoms with Gasteiger partial charge in [0.15, 0.2) is 0 Å². The van der Waals surface area contributed by atoms with Crippen molar-refractivity contribution in [1.29, 1.82) is 0 Å². The van der Waals surface area contributed by atoms with Crippen molar-refractivity contribution in [3.8, 4) is 0 Å². The van der Waals surface area contributed by atoms with E-state index in [1.54, 1.807) is 19.1 Å². The van der Waals surface area contributed by atoms with Crippen LogP contribution in [0.25, 0.3) is 11.0 Å². The summed E-state index contributed by atoms with van der Waals surface area (Å²) < 4.78 is 6.68. The second-order valence-electron chi connectivity index (χ2n) is 6.83. The third-order valence-electron chi connectivity index (χ3n) is 4.78. The van der Waals surface area contributed by atoms with Gasteiger partial charge in [-0.1, -0.05) is 19.1 Å². The molecular weight excluding hydrogens is 388 g/mol. The van der Waals surface area contributed by atoms with Gasteiger partial charge in [0.1, 0.15) is 12.2 Å². The Balaban J connectivity index is 2.06. The number of nitrogens with one attached hydrogen (secondary N) is 1.